The van der Waals surface area contributed by atoms with Gasteiger partial charge < -0.3 is 15.2 Å². The summed E-state index contributed by atoms with van der Waals surface area (Å²) in [6.45, 7) is 2.23. The van der Waals surface area contributed by atoms with Crippen molar-refractivity contribution in [3.05, 3.63) is 29.8 Å². The van der Waals surface area contributed by atoms with Crippen LogP contribution in [0.15, 0.2) is 24.3 Å². The number of amides is 1. The normalized spacial score (nSPS) is 17.5. The molecule has 0 spiro atoms. The van der Waals surface area contributed by atoms with Crippen LogP contribution in [-0.4, -0.2) is 30.6 Å². The molecule has 1 aromatic rings. The molecule has 0 bridgehead atoms. The number of carbonyl (C=O) groups is 2. The molecule has 5 heteroatoms. The molecule has 1 aromatic carbocycles. The first-order valence-electron chi connectivity index (χ1n) is 8.12. The molecule has 2 rings (SSSR count). The molecule has 0 radical (unpaired) electrons. The summed E-state index contributed by atoms with van der Waals surface area (Å²) >= 11 is 0. The zero-order valence-electron chi connectivity index (χ0n) is 13.8. The minimum atomic E-state index is -0.836. The van der Waals surface area contributed by atoms with Crippen LogP contribution in [0.1, 0.15) is 44.6 Å². The maximum atomic E-state index is 12.8. The van der Waals surface area contributed by atoms with Gasteiger partial charge in [0.05, 0.1) is 12.5 Å². The molecular formula is C18H25NO4. The molecule has 126 valence electrons. The Morgan fingerprint density at radius 3 is 2.39 bits per heavy atom. The van der Waals surface area contributed by atoms with Gasteiger partial charge in [0.25, 0.3) is 0 Å². The molecule has 1 unspecified atom stereocenters. The second-order valence-corrected chi connectivity index (χ2v) is 6.43. The summed E-state index contributed by atoms with van der Waals surface area (Å²) in [5, 5.41) is 11.8. The second-order valence-electron chi connectivity index (χ2n) is 6.43. The van der Waals surface area contributed by atoms with Crippen molar-refractivity contribution in [2.24, 2.45) is 5.92 Å². The van der Waals surface area contributed by atoms with Crippen LogP contribution in [0, 0.1) is 5.92 Å². The Morgan fingerprint density at radius 2 is 1.87 bits per heavy atom. The molecule has 1 atom stereocenters. The fraction of sp³-hybridized carbons (Fsp3) is 0.556. The molecule has 1 amide bonds. The monoisotopic (exact) mass is 319 g/mol. The van der Waals surface area contributed by atoms with Gasteiger partial charge in [0.1, 0.15) is 5.75 Å². The number of carboxylic acids is 1. The lowest BCUT2D eigenvalue weighted by atomic mass is 9.78. The Labute approximate surface area is 137 Å². The highest BCUT2D eigenvalue weighted by Gasteiger charge is 2.42. The van der Waals surface area contributed by atoms with Crippen LogP contribution in [0.25, 0.3) is 0 Å². The van der Waals surface area contributed by atoms with Gasteiger partial charge in [-0.15, -0.1) is 0 Å². The lowest BCUT2D eigenvalue weighted by Gasteiger charge is -2.29. The van der Waals surface area contributed by atoms with Crippen molar-refractivity contribution in [1.29, 1.82) is 0 Å². The predicted molar refractivity (Wildman–Crippen MR) is 87.6 cm³/mol. The van der Waals surface area contributed by atoms with Gasteiger partial charge in [-0.1, -0.05) is 31.9 Å². The van der Waals surface area contributed by atoms with E-state index in [0.717, 1.165) is 37.0 Å². The van der Waals surface area contributed by atoms with Gasteiger partial charge in [0.15, 0.2) is 0 Å². The predicted octanol–water partition coefficient (Wildman–Crippen LogP) is 2.73. The third kappa shape index (κ3) is 4.03. The lowest BCUT2D eigenvalue weighted by Crippen LogP contribution is -2.44. The molecule has 1 saturated carbocycles. The SMILES string of the molecule is COc1ccc(C2(C(=O)NCC(C)CC(=O)O)CCCC2)cc1. The first kappa shape index (κ1) is 17.3. The van der Waals surface area contributed by atoms with E-state index >= 15 is 0 Å². The first-order valence-corrected chi connectivity index (χ1v) is 8.12. The molecule has 1 aliphatic rings. The molecule has 0 aromatic heterocycles. The summed E-state index contributed by atoms with van der Waals surface area (Å²) in [6.07, 6.45) is 3.79. The summed E-state index contributed by atoms with van der Waals surface area (Å²) in [6, 6.07) is 7.69. The first-order chi connectivity index (χ1) is 11.0. The van der Waals surface area contributed by atoms with E-state index in [1.54, 1.807) is 7.11 Å². The van der Waals surface area contributed by atoms with E-state index in [-0.39, 0.29) is 18.2 Å². The van der Waals surface area contributed by atoms with Crippen LogP contribution in [-0.2, 0) is 15.0 Å². The van der Waals surface area contributed by atoms with Gasteiger partial charge >= 0.3 is 5.97 Å². The van der Waals surface area contributed by atoms with Crippen molar-refractivity contribution < 1.29 is 19.4 Å². The smallest absolute Gasteiger partial charge is 0.303 e. The lowest BCUT2D eigenvalue weighted by molar-refractivity contribution is -0.138. The minimum absolute atomic E-state index is 0.0115. The molecule has 0 aliphatic heterocycles. The van der Waals surface area contributed by atoms with E-state index in [1.807, 2.05) is 31.2 Å². The van der Waals surface area contributed by atoms with E-state index in [1.165, 1.54) is 0 Å². The number of hydrogen-bond donors (Lipinski definition) is 2. The third-order valence-electron chi connectivity index (χ3n) is 4.67. The topological polar surface area (TPSA) is 75.6 Å². The number of carbonyl (C=O) groups excluding carboxylic acids is 1. The van der Waals surface area contributed by atoms with Crippen LogP contribution in [0.4, 0.5) is 0 Å². The molecule has 2 N–H and O–H groups in total. The Hall–Kier alpha value is -2.04. The van der Waals surface area contributed by atoms with Gasteiger partial charge in [0.2, 0.25) is 5.91 Å². The Kier molecular flexibility index (Phi) is 5.64. The third-order valence-corrected chi connectivity index (χ3v) is 4.67. The van der Waals surface area contributed by atoms with Crippen LogP contribution in [0.3, 0.4) is 0 Å². The molecule has 1 fully saturated rings. The highest BCUT2D eigenvalue weighted by atomic mass is 16.5. The van der Waals surface area contributed by atoms with Gasteiger partial charge in [-0.25, -0.2) is 0 Å². The van der Waals surface area contributed by atoms with Crippen LogP contribution in [0.2, 0.25) is 0 Å². The maximum Gasteiger partial charge on any atom is 0.303 e. The van der Waals surface area contributed by atoms with E-state index in [0.29, 0.717) is 6.54 Å². The summed E-state index contributed by atoms with van der Waals surface area (Å²) in [5.41, 5.74) is 0.522. The van der Waals surface area contributed by atoms with Crippen molar-refractivity contribution in [1.82, 2.24) is 5.32 Å². The van der Waals surface area contributed by atoms with Gasteiger partial charge in [-0.3, -0.25) is 9.59 Å². The van der Waals surface area contributed by atoms with Gasteiger partial charge in [-0.05, 0) is 36.5 Å². The maximum absolute atomic E-state index is 12.8. The number of carboxylic acid groups (broad SMARTS) is 1. The summed E-state index contributed by atoms with van der Waals surface area (Å²) in [7, 11) is 1.62. The fourth-order valence-corrected chi connectivity index (χ4v) is 3.34. The summed E-state index contributed by atoms with van der Waals surface area (Å²) in [5.74, 6) is -0.127. The number of nitrogens with one attached hydrogen (secondary N) is 1. The highest BCUT2D eigenvalue weighted by Crippen LogP contribution is 2.41. The van der Waals surface area contributed by atoms with E-state index in [2.05, 4.69) is 5.32 Å². The van der Waals surface area contributed by atoms with Crippen LogP contribution < -0.4 is 10.1 Å². The molecule has 0 saturated heterocycles. The van der Waals surface area contributed by atoms with Crippen molar-refractivity contribution in [3.63, 3.8) is 0 Å². The number of hydrogen-bond acceptors (Lipinski definition) is 3. The highest BCUT2D eigenvalue weighted by molar-refractivity contribution is 5.88. The number of methoxy groups -OCH3 is 1. The van der Waals surface area contributed by atoms with Crippen LogP contribution in [0.5, 0.6) is 5.75 Å². The summed E-state index contributed by atoms with van der Waals surface area (Å²) in [4.78, 5) is 23.6. The van der Waals surface area contributed by atoms with Gasteiger partial charge in [-0.2, -0.15) is 0 Å². The number of aliphatic carboxylic acids is 1. The molecule has 5 nitrogen and oxygen atoms in total. The average molecular weight is 319 g/mol. The molecule has 0 heterocycles. The second kappa shape index (κ2) is 7.49. The largest absolute Gasteiger partial charge is 0.497 e. The summed E-state index contributed by atoms with van der Waals surface area (Å²) < 4.78 is 5.18. The zero-order chi connectivity index (χ0) is 16.9. The standard InChI is InChI=1S/C18H25NO4/c1-13(11-16(20)21)12-19-17(22)18(9-3-4-10-18)14-5-7-15(23-2)8-6-14/h5-8,13H,3-4,9-12H2,1-2H3,(H,19,22)(H,20,21). The number of benzene rings is 1. The minimum Gasteiger partial charge on any atom is -0.497 e. The number of rotatable bonds is 7. The Balaban J connectivity index is 2.10. The van der Waals surface area contributed by atoms with E-state index < -0.39 is 11.4 Å². The quantitative estimate of drug-likeness (QED) is 0.810. The van der Waals surface area contributed by atoms with Crippen LogP contribution >= 0.6 is 0 Å². The Bertz CT molecular complexity index is 547. The Morgan fingerprint density at radius 1 is 1.26 bits per heavy atom. The fourth-order valence-electron chi connectivity index (χ4n) is 3.34. The number of ether oxygens (including phenoxy) is 1. The average Bonchev–Trinajstić information content (AvgIpc) is 3.03. The van der Waals surface area contributed by atoms with E-state index in [9.17, 15) is 9.59 Å². The van der Waals surface area contributed by atoms with Crippen molar-refractivity contribution >= 4 is 11.9 Å². The molecule has 1 aliphatic carbocycles. The van der Waals surface area contributed by atoms with E-state index in [4.69, 9.17) is 9.84 Å². The molecule has 23 heavy (non-hydrogen) atoms. The van der Waals surface area contributed by atoms with Gasteiger partial charge in [0, 0.05) is 13.0 Å². The van der Waals surface area contributed by atoms with Crippen molar-refractivity contribution in [2.75, 3.05) is 13.7 Å². The van der Waals surface area contributed by atoms with Crippen molar-refractivity contribution in [3.8, 4) is 5.75 Å². The zero-order valence-corrected chi connectivity index (χ0v) is 13.8. The van der Waals surface area contributed by atoms with Crippen molar-refractivity contribution in [2.45, 2.75) is 44.4 Å². The molecular weight excluding hydrogens is 294 g/mol.